The van der Waals surface area contributed by atoms with Crippen LogP contribution in [0.3, 0.4) is 0 Å². The minimum Gasteiger partial charge on any atom is -0.293 e. The van der Waals surface area contributed by atoms with Gasteiger partial charge < -0.3 is 0 Å². The molecule has 0 N–H and O–H groups in total. The van der Waals surface area contributed by atoms with Gasteiger partial charge in [0.15, 0.2) is 5.82 Å². The lowest BCUT2D eigenvalue weighted by Gasteiger charge is -2.14. The predicted octanol–water partition coefficient (Wildman–Crippen LogP) is 12.6. The fraction of sp³-hybridized carbons (Fsp3) is 0. The van der Waals surface area contributed by atoms with Crippen molar-refractivity contribution in [2.45, 2.75) is 0 Å². The van der Waals surface area contributed by atoms with E-state index in [1.54, 1.807) is 0 Å². The maximum Gasteiger partial charge on any atom is 0.237 e. The molecule has 5 heterocycles. The Hall–Kier alpha value is -6.08. The minimum atomic E-state index is 0.668. The summed E-state index contributed by atoms with van der Waals surface area (Å²) in [5.74, 6) is 1.55. The number of fused-ring (bicyclic) bond motifs is 15. The molecule has 7 aromatic carbocycles. The van der Waals surface area contributed by atoms with Crippen molar-refractivity contribution in [2.75, 3.05) is 0 Å². The lowest BCUT2D eigenvalue weighted by molar-refractivity contribution is 0.973. The second-order valence-electron chi connectivity index (χ2n) is 12.9. The number of rotatable bonds is 2. The van der Waals surface area contributed by atoms with Crippen molar-refractivity contribution in [3.05, 3.63) is 146 Å². The quantitative estimate of drug-likeness (QED) is 0.183. The van der Waals surface area contributed by atoms with Gasteiger partial charge in [0.25, 0.3) is 0 Å². The van der Waals surface area contributed by atoms with E-state index < -0.39 is 0 Å². The molecule has 0 aliphatic heterocycles. The van der Waals surface area contributed by atoms with Crippen LogP contribution in [0.25, 0.3) is 107 Å². The summed E-state index contributed by atoms with van der Waals surface area (Å²) in [6, 6.07) is 52.4. The van der Waals surface area contributed by atoms with Crippen LogP contribution in [0.5, 0.6) is 0 Å². The standard InChI is InChI=1S/C44H24N4S2/c1-6-16-32-31(15-1)43(47-33-17-7-2-11-25(33)26-12-3-8-18-34(26)47)46-44(45-32)48-35-23-21-29-27-13-4-9-19-37(27)49-41(29)39(35)40-36(48)24-22-30-28-14-5-10-20-38(28)50-42(30)40/h1-24H. The molecule has 4 nitrogen and oxygen atoms in total. The lowest BCUT2D eigenvalue weighted by atomic mass is 10.1. The highest BCUT2D eigenvalue weighted by atomic mass is 32.1. The maximum atomic E-state index is 5.55. The number of aromatic nitrogens is 4. The molecule has 0 fully saturated rings. The normalized spacial score (nSPS) is 12.4. The number of para-hydroxylation sites is 3. The molecule has 0 bridgehead atoms. The zero-order chi connectivity index (χ0) is 32.5. The largest absolute Gasteiger partial charge is 0.293 e. The van der Waals surface area contributed by atoms with Crippen molar-refractivity contribution in [2.24, 2.45) is 0 Å². The Morgan fingerprint density at radius 3 is 1.42 bits per heavy atom. The number of hydrogen-bond acceptors (Lipinski definition) is 4. The lowest BCUT2D eigenvalue weighted by Crippen LogP contribution is -2.07. The van der Waals surface area contributed by atoms with Crippen molar-refractivity contribution in [1.82, 2.24) is 19.1 Å². The number of benzene rings is 7. The summed E-state index contributed by atoms with van der Waals surface area (Å²) in [7, 11) is 0. The van der Waals surface area contributed by atoms with Crippen LogP contribution < -0.4 is 0 Å². The topological polar surface area (TPSA) is 35.6 Å². The molecule has 5 aromatic heterocycles. The summed E-state index contributed by atoms with van der Waals surface area (Å²) in [4.78, 5) is 10.9. The van der Waals surface area contributed by atoms with Crippen molar-refractivity contribution in [1.29, 1.82) is 0 Å². The average molecular weight is 673 g/mol. The third kappa shape index (κ3) is 3.44. The molecule has 12 rings (SSSR count). The van der Waals surface area contributed by atoms with Crippen molar-refractivity contribution in [3.8, 4) is 11.8 Å². The summed E-state index contributed by atoms with van der Waals surface area (Å²) in [6.45, 7) is 0. The Labute approximate surface area is 292 Å². The van der Waals surface area contributed by atoms with Crippen molar-refractivity contribution >= 4 is 118 Å². The molecule has 0 amide bonds. The van der Waals surface area contributed by atoms with Crippen LogP contribution in [-0.4, -0.2) is 19.1 Å². The fourth-order valence-electron chi connectivity index (χ4n) is 8.23. The van der Waals surface area contributed by atoms with Gasteiger partial charge in [-0.3, -0.25) is 9.13 Å². The molecule has 232 valence electrons. The molecule has 50 heavy (non-hydrogen) atoms. The molecule has 0 saturated heterocycles. The van der Waals surface area contributed by atoms with E-state index >= 15 is 0 Å². The monoisotopic (exact) mass is 672 g/mol. The van der Waals surface area contributed by atoms with Crippen molar-refractivity contribution in [3.63, 3.8) is 0 Å². The van der Waals surface area contributed by atoms with Crippen LogP contribution in [0.15, 0.2) is 146 Å². The Kier molecular flexibility index (Phi) is 5.23. The molecule has 0 aliphatic rings. The number of nitrogens with zero attached hydrogens (tertiary/aromatic N) is 4. The summed E-state index contributed by atoms with van der Waals surface area (Å²) in [5.41, 5.74) is 5.41. The Bertz CT molecular complexity index is 3210. The first kappa shape index (κ1) is 26.8. The average Bonchev–Trinajstić information content (AvgIpc) is 3.92. The van der Waals surface area contributed by atoms with Crippen LogP contribution >= 0.6 is 22.7 Å². The molecule has 0 radical (unpaired) electrons. The van der Waals surface area contributed by atoms with Gasteiger partial charge in [0.05, 0.1) is 27.6 Å². The van der Waals surface area contributed by atoms with E-state index in [-0.39, 0.29) is 0 Å². The Balaban J connectivity index is 1.27. The first-order valence-electron chi connectivity index (χ1n) is 16.8. The number of thiophene rings is 2. The van der Waals surface area contributed by atoms with Crippen LogP contribution in [0.4, 0.5) is 0 Å². The maximum absolute atomic E-state index is 5.55. The predicted molar refractivity (Wildman–Crippen MR) is 214 cm³/mol. The van der Waals surface area contributed by atoms with E-state index in [9.17, 15) is 0 Å². The van der Waals surface area contributed by atoms with Crippen molar-refractivity contribution < 1.29 is 0 Å². The summed E-state index contributed by atoms with van der Waals surface area (Å²) in [6.07, 6.45) is 0. The van der Waals surface area contributed by atoms with E-state index in [4.69, 9.17) is 9.97 Å². The second kappa shape index (κ2) is 9.76. The zero-order valence-electron chi connectivity index (χ0n) is 26.5. The molecule has 0 unspecified atom stereocenters. The first-order valence-corrected chi connectivity index (χ1v) is 18.4. The summed E-state index contributed by atoms with van der Waals surface area (Å²) in [5, 5.41) is 11.2. The van der Waals surface area contributed by atoms with Gasteiger partial charge in [0, 0.05) is 67.3 Å². The van der Waals surface area contributed by atoms with Crippen LogP contribution in [-0.2, 0) is 0 Å². The molecule has 0 spiro atoms. The zero-order valence-corrected chi connectivity index (χ0v) is 28.1. The van der Waals surface area contributed by atoms with Gasteiger partial charge in [-0.1, -0.05) is 97.1 Å². The van der Waals surface area contributed by atoms with Gasteiger partial charge in [0.1, 0.15) is 0 Å². The second-order valence-corrected chi connectivity index (χ2v) is 15.0. The summed E-state index contributed by atoms with van der Waals surface area (Å²) >= 11 is 3.77. The van der Waals surface area contributed by atoms with Gasteiger partial charge in [-0.05, 0) is 48.5 Å². The van der Waals surface area contributed by atoms with Crippen LogP contribution in [0.1, 0.15) is 0 Å². The third-order valence-corrected chi connectivity index (χ3v) is 12.8. The van der Waals surface area contributed by atoms with E-state index in [1.807, 2.05) is 22.7 Å². The van der Waals surface area contributed by atoms with Gasteiger partial charge >= 0.3 is 0 Å². The number of hydrogen-bond donors (Lipinski definition) is 0. The smallest absolute Gasteiger partial charge is 0.237 e. The first-order chi connectivity index (χ1) is 24.8. The van der Waals surface area contributed by atoms with Gasteiger partial charge in [0.2, 0.25) is 5.95 Å². The van der Waals surface area contributed by atoms with Crippen LogP contribution in [0, 0.1) is 0 Å². The van der Waals surface area contributed by atoms with E-state index in [1.165, 1.54) is 61.9 Å². The van der Waals surface area contributed by atoms with Gasteiger partial charge in [-0.2, -0.15) is 4.98 Å². The van der Waals surface area contributed by atoms with Crippen LogP contribution in [0.2, 0.25) is 0 Å². The highest BCUT2D eigenvalue weighted by Gasteiger charge is 2.24. The van der Waals surface area contributed by atoms with Gasteiger partial charge in [-0.25, -0.2) is 4.98 Å². The fourth-order valence-corrected chi connectivity index (χ4v) is 10.7. The molecule has 12 aromatic rings. The van der Waals surface area contributed by atoms with Gasteiger partial charge in [-0.15, -0.1) is 22.7 Å². The SMILES string of the molecule is c1ccc2c(-n3c4ccccc4c4ccccc43)nc(-n3c4ccc5c6ccccc6sc5c4c4c5sc6ccccc6c5ccc43)nc2c1. The van der Waals surface area contributed by atoms with E-state index in [2.05, 4.69) is 155 Å². The Morgan fingerprint density at radius 2 is 0.840 bits per heavy atom. The summed E-state index contributed by atoms with van der Waals surface area (Å²) < 4.78 is 9.84. The van der Waals surface area contributed by atoms with E-state index in [0.29, 0.717) is 5.95 Å². The molecular weight excluding hydrogens is 649 g/mol. The molecule has 0 atom stereocenters. The highest BCUT2D eigenvalue weighted by molar-refractivity contribution is 7.28. The third-order valence-electron chi connectivity index (χ3n) is 10.3. The molecule has 6 heteroatoms. The molecular formula is C44H24N4S2. The minimum absolute atomic E-state index is 0.668. The highest BCUT2D eigenvalue weighted by Crippen LogP contribution is 2.48. The molecule has 0 saturated carbocycles. The van der Waals surface area contributed by atoms with E-state index in [0.717, 1.165) is 38.8 Å². The Morgan fingerprint density at radius 1 is 0.360 bits per heavy atom. The molecule has 0 aliphatic carbocycles.